The van der Waals surface area contributed by atoms with Crippen molar-refractivity contribution in [2.24, 2.45) is 0 Å². The summed E-state index contributed by atoms with van der Waals surface area (Å²) in [5, 5.41) is 0.676. The van der Waals surface area contributed by atoms with Gasteiger partial charge < -0.3 is 4.90 Å². The van der Waals surface area contributed by atoms with Crippen LogP contribution in [-0.4, -0.2) is 18.2 Å². The smallest absolute Gasteiger partial charge is 0.227 e. The van der Waals surface area contributed by atoms with E-state index in [0.29, 0.717) is 11.4 Å². The number of anilines is 1. The van der Waals surface area contributed by atoms with Crippen molar-refractivity contribution in [1.82, 2.24) is 0 Å². The van der Waals surface area contributed by atoms with Crippen molar-refractivity contribution in [3.8, 4) is 0 Å². The highest BCUT2D eigenvalue weighted by Gasteiger charge is 2.24. The topological polar surface area (TPSA) is 20.3 Å². The lowest BCUT2D eigenvalue weighted by Gasteiger charge is -2.30. The van der Waals surface area contributed by atoms with Gasteiger partial charge in [-0.15, -0.1) is 11.8 Å². The lowest BCUT2D eigenvalue weighted by molar-refractivity contribution is -0.118. The number of amides is 1. The lowest BCUT2D eigenvalue weighted by Crippen LogP contribution is -2.36. The summed E-state index contributed by atoms with van der Waals surface area (Å²) < 4.78 is 0. The first kappa shape index (κ1) is 15.4. The SMILES string of the molecule is CC(CC(=O)N1CCSc2ccc(Cl)cc21)c1ccccc1. The molecule has 1 unspecified atom stereocenters. The monoisotopic (exact) mass is 331 g/mol. The zero-order valence-corrected chi connectivity index (χ0v) is 14.0. The minimum atomic E-state index is 0.167. The third kappa shape index (κ3) is 3.31. The number of thioether (sulfide) groups is 1. The second kappa shape index (κ2) is 6.76. The molecule has 0 radical (unpaired) electrons. The van der Waals surface area contributed by atoms with Crippen molar-refractivity contribution in [1.29, 1.82) is 0 Å². The van der Waals surface area contributed by atoms with Gasteiger partial charge in [-0.25, -0.2) is 0 Å². The fraction of sp³-hybridized carbons (Fsp3) is 0.278. The number of carbonyl (C=O) groups excluding carboxylic acids is 1. The Labute approximate surface area is 140 Å². The zero-order valence-electron chi connectivity index (χ0n) is 12.5. The van der Waals surface area contributed by atoms with Gasteiger partial charge in [-0.1, -0.05) is 48.9 Å². The second-order valence-corrected chi connectivity index (χ2v) is 7.09. The van der Waals surface area contributed by atoms with E-state index < -0.39 is 0 Å². The molecule has 0 N–H and O–H groups in total. The van der Waals surface area contributed by atoms with Crippen LogP contribution < -0.4 is 4.90 Å². The summed E-state index contributed by atoms with van der Waals surface area (Å²) in [6, 6.07) is 16.0. The molecule has 0 saturated carbocycles. The quantitative estimate of drug-likeness (QED) is 0.791. The van der Waals surface area contributed by atoms with Crippen molar-refractivity contribution in [3.05, 3.63) is 59.1 Å². The maximum atomic E-state index is 12.7. The zero-order chi connectivity index (χ0) is 15.5. The van der Waals surface area contributed by atoms with Crippen molar-refractivity contribution in [2.45, 2.75) is 24.2 Å². The van der Waals surface area contributed by atoms with Crippen LogP contribution in [0.4, 0.5) is 5.69 Å². The minimum absolute atomic E-state index is 0.167. The molecule has 0 bridgehead atoms. The highest BCUT2D eigenvalue weighted by molar-refractivity contribution is 7.99. The Hall–Kier alpha value is -1.45. The molecule has 0 spiro atoms. The van der Waals surface area contributed by atoms with Crippen molar-refractivity contribution in [2.75, 3.05) is 17.2 Å². The van der Waals surface area contributed by atoms with Crippen LogP contribution in [0.15, 0.2) is 53.4 Å². The van der Waals surface area contributed by atoms with E-state index in [0.717, 1.165) is 22.9 Å². The normalized spacial score (nSPS) is 15.3. The molecule has 0 fully saturated rings. The van der Waals surface area contributed by atoms with Gasteiger partial charge in [-0.2, -0.15) is 0 Å². The van der Waals surface area contributed by atoms with Gasteiger partial charge in [0.1, 0.15) is 0 Å². The molecule has 3 rings (SSSR count). The van der Waals surface area contributed by atoms with Gasteiger partial charge >= 0.3 is 0 Å². The summed E-state index contributed by atoms with van der Waals surface area (Å²) in [7, 11) is 0. The second-order valence-electron chi connectivity index (χ2n) is 5.52. The summed E-state index contributed by atoms with van der Waals surface area (Å²) in [6.45, 7) is 2.85. The molecule has 2 nitrogen and oxygen atoms in total. The number of benzene rings is 2. The summed E-state index contributed by atoms with van der Waals surface area (Å²) in [5.74, 6) is 1.31. The number of hydrogen-bond acceptors (Lipinski definition) is 2. The number of nitrogens with zero attached hydrogens (tertiary/aromatic N) is 1. The highest BCUT2D eigenvalue weighted by atomic mass is 35.5. The Bertz CT molecular complexity index is 674. The predicted octanol–water partition coefficient (Wildman–Crippen LogP) is 4.97. The molecule has 0 aliphatic carbocycles. The van der Waals surface area contributed by atoms with E-state index in [1.165, 1.54) is 5.56 Å². The van der Waals surface area contributed by atoms with Gasteiger partial charge in [-0.3, -0.25) is 4.79 Å². The van der Waals surface area contributed by atoms with Crippen molar-refractivity contribution < 1.29 is 4.79 Å². The van der Waals surface area contributed by atoms with E-state index in [1.807, 2.05) is 41.3 Å². The first-order valence-electron chi connectivity index (χ1n) is 7.43. The fourth-order valence-electron chi connectivity index (χ4n) is 2.72. The van der Waals surface area contributed by atoms with Crippen LogP contribution in [0.3, 0.4) is 0 Å². The summed E-state index contributed by atoms with van der Waals surface area (Å²) in [5.41, 5.74) is 2.16. The Morgan fingerprint density at radius 3 is 2.82 bits per heavy atom. The highest BCUT2D eigenvalue weighted by Crippen LogP contribution is 2.37. The minimum Gasteiger partial charge on any atom is -0.310 e. The largest absolute Gasteiger partial charge is 0.310 e. The molecule has 2 aromatic carbocycles. The van der Waals surface area contributed by atoms with Gasteiger partial charge in [0, 0.05) is 28.6 Å². The van der Waals surface area contributed by atoms with Crippen LogP contribution in [0.2, 0.25) is 5.02 Å². The van der Waals surface area contributed by atoms with Gasteiger partial charge in [0.2, 0.25) is 5.91 Å². The molecule has 1 aliphatic heterocycles. The molecule has 114 valence electrons. The molecule has 1 amide bonds. The van der Waals surface area contributed by atoms with E-state index in [2.05, 4.69) is 19.1 Å². The lowest BCUT2D eigenvalue weighted by atomic mass is 9.97. The Morgan fingerprint density at radius 1 is 1.27 bits per heavy atom. The number of hydrogen-bond donors (Lipinski definition) is 0. The standard InChI is InChI=1S/C18H18ClNOS/c1-13(14-5-3-2-4-6-14)11-18(21)20-9-10-22-17-8-7-15(19)12-16(17)20/h2-8,12-13H,9-11H2,1H3. The van der Waals surface area contributed by atoms with Crippen LogP contribution >= 0.6 is 23.4 Å². The van der Waals surface area contributed by atoms with Crippen molar-refractivity contribution in [3.63, 3.8) is 0 Å². The van der Waals surface area contributed by atoms with E-state index >= 15 is 0 Å². The summed E-state index contributed by atoms with van der Waals surface area (Å²) in [6.07, 6.45) is 0.515. The number of rotatable bonds is 3. The molecule has 4 heteroatoms. The molecule has 1 atom stereocenters. The number of carbonyl (C=O) groups is 1. The number of halogens is 1. The first-order chi connectivity index (χ1) is 10.6. The van der Waals surface area contributed by atoms with E-state index in [9.17, 15) is 4.79 Å². The van der Waals surface area contributed by atoms with Crippen LogP contribution in [-0.2, 0) is 4.79 Å². The molecule has 0 saturated heterocycles. The van der Waals surface area contributed by atoms with Gasteiger partial charge in [0.05, 0.1) is 5.69 Å². The van der Waals surface area contributed by atoms with Crippen LogP contribution in [0.5, 0.6) is 0 Å². The Morgan fingerprint density at radius 2 is 2.05 bits per heavy atom. The van der Waals surface area contributed by atoms with E-state index in [1.54, 1.807) is 11.8 Å². The molecule has 1 heterocycles. The van der Waals surface area contributed by atoms with Gasteiger partial charge in [0.25, 0.3) is 0 Å². The molecule has 2 aromatic rings. The molecular weight excluding hydrogens is 314 g/mol. The van der Waals surface area contributed by atoms with E-state index in [-0.39, 0.29) is 11.8 Å². The average Bonchev–Trinajstić information content (AvgIpc) is 2.55. The predicted molar refractivity (Wildman–Crippen MR) is 94.0 cm³/mol. The Balaban J connectivity index is 1.78. The average molecular weight is 332 g/mol. The molecular formula is C18H18ClNOS. The van der Waals surface area contributed by atoms with Crippen LogP contribution in [0.25, 0.3) is 0 Å². The van der Waals surface area contributed by atoms with Gasteiger partial charge in [0.15, 0.2) is 0 Å². The summed E-state index contributed by atoms with van der Waals surface area (Å²) in [4.78, 5) is 15.8. The van der Waals surface area contributed by atoms with E-state index in [4.69, 9.17) is 11.6 Å². The maximum Gasteiger partial charge on any atom is 0.227 e. The number of fused-ring (bicyclic) bond motifs is 1. The third-order valence-corrected chi connectivity index (χ3v) is 5.21. The third-order valence-electron chi connectivity index (χ3n) is 3.93. The molecule has 1 aliphatic rings. The molecule has 22 heavy (non-hydrogen) atoms. The van der Waals surface area contributed by atoms with Crippen LogP contribution in [0, 0.1) is 0 Å². The Kier molecular flexibility index (Phi) is 4.74. The van der Waals surface area contributed by atoms with Crippen LogP contribution in [0.1, 0.15) is 24.8 Å². The maximum absolute atomic E-state index is 12.7. The van der Waals surface area contributed by atoms with Gasteiger partial charge in [-0.05, 0) is 29.7 Å². The molecule has 0 aromatic heterocycles. The fourth-order valence-corrected chi connectivity index (χ4v) is 3.86. The first-order valence-corrected chi connectivity index (χ1v) is 8.79. The summed E-state index contributed by atoms with van der Waals surface area (Å²) >= 11 is 7.88. The van der Waals surface area contributed by atoms with Crippen molar-refractivity contribution >= 4 is 35.0 Å².